The molecule has 0 saturated heterocycles. The molecule has 21 heavy (non-hydrogen) atoms. The van der Waals surface area contributed by atoms with E-state index in [-0.39, 0.29) is 11.1 Å². The zero-order valence-electron chi connectivity index (χ0n) is 12.0. The van der Waals surface area contributed by atoms with E-state index in [1.165, 1.54) is 18.2 Å². The molecule has 0 radical (unpaired) electrons. The van der Waals surface area contributed by atoms with E-state index in [2.05, 4.69) is 5.32 Å². The van der Waals surface area contributed by atoms with Crippen LogP contribution < -0.4 is 5.32 Å². The highest BCUT2D eigenvalue weighted by atomic mass is 35.5. The number of carbonyl (C=O) groups is 1. The third-order valence-electron chi connectivity index (χ3n) is 2.53. The molecule has 0 heterocycles. The number of benzene rings is 1. The van der Waals surface area contributed by atoms with Crippen molar-refractivity contribution in [3.8, 4) is 0 Å². The molecule has 1 aromatic rings. The fraction of sp³-hybridized carbons (Fsp3) is 0.500. The first-order chi connectivity index (χ1) is 9.64. The minimum absolute atomic E-state index is 0.0998. The number of alkyl carbamates (subject to hydrolysis) is 1. The van der Waals surface area contributed by atoms with Gasteiger partial charge in [-0.1, -0.05) is 17.7 Å². The number of aliphatic hydroxyl groups is 1. The molecule has 0 aliphatic carbocycles. The van der Waals surface area contributed by atoms with Crippen molar-refractivity contribution >= 4 is 17.7 Å². The minimum atomic E-state index is -2.86. The van der Waals surface area contributed by atoms with Gasteiger partial charge in [0, 0.05) is 5.02 Å². The predicted molar refractivity (Wildman–Crippen MR) is 75.5 cm³/mol. The summed E-state index contributed by atoms with van der Waals surface area (Å²) in [5.41, 5.74) is -0.470. The largest absolute Gasteiger partial charge is 0.444 e. The number of hydrogen-bond donors (Lipinski definition) is 2. The predicted octanol–water partition coefficient (Wildman–Crippen LogP) is 3.66. The first-order valence-electron chi connectivity index (χ1n) is 6.31. The van der Waals surface area contributed by atoms with E-state index < -0.39 is 30.8 Å². The first kappa shape index (κ1) is 17.7. The fourth-order valence-corrected chi connectivity index (χ4v) is 1.92. The van der Waals surface area contributed by atoms with Gasteiger partial charge in [0.05, 0.1) is 6.61 Å². The van der Waals surface area contributed by atoms with Gasteiger partial charge in [0.25, 0.3) is 6.43 Å². The van der Waals surface area contributed by atoms with Crippen LogP contribution in [-0.4, -0.2) is 23.2 Å². The lowest BCUT2D eigenvalue weighted by atomic mass is 10.0. The van der Waals surface area contributed by atoms with Gasteiger partial charge in [0.2, 0.25) is 0 Å². The molecule has 1 aromatic carbocycles. The molecule has 7 heteroatoms. The van der Waals surface area contributed by atoms with Crippen LogP contribution in [0.4, 0.5) is 13.6 Å². The summed E-state index contributed by atoms with van der Waals surface area (Å²) in [6.45, 7) is 4.43. The van der Waals surface area contributed by atoms with Crippen LogP contribution in [0.25, 0.3) is 0 Å². The Kier molecular flexibility index (Phi) is 5.92. The number of rotatable bonds is 4. The first-order valence-corrected chi connectivity index (χ1v) is 6.68. The van der Waals surface area contributed by atoms with Gasteiger partial charge in [-0.05, 0) is 44.0 Å². The Bertz CT molecular complexity index is 503. The van der Waals surface area contributed by atoms with Crippen molar-refractivity contribution in [3.63, 3.8) is 0 Å². The average Bonchev–Trinajstić information content (AvgIpc) is 2.33. The van der Waals surface area contributed by atoms with Crippen LogP contribution in [0.5, 0.6) is 0 Å². The molecule has 118 valence electrons. The maximum atomic E-state index is 13.2. The lowest BCUT2D eigenvalue weighted by molar-refractivity contribution is 0.0370. The Morgan fingerprint density at radius 2 is 2.05 bits per heavy atom. The highest BCUT2D eigenvalue weighted by Gasteiger charge is 2.28. The van der Waals surface area contributed by atoms with Gasteiger partial charge < -0.3 is 15.2 Å². The molecule has 0 saturated carbocycles. The molecule has 1 amide bonds. The Morgan fingerprint density at radius 3 is 2.52 bits per heavy atom. The van der Waals surface area contributed by atoms with E-state index in [0.717, 1.165) is 0 Å². The lowest BCUT2D eigenvalue weighted by Crippen LogP contribution is -2.38. The summed E-state index contributed by atoms with van der Waals surface area (Å²) in [5, 5.41) is 11.7. The van der Waals surface area contributed by atoms with E-state index in [4.69, 9.17) is 16.3 Å². The lowest BCUT2D eigenvalue weighted by Gasteiger charge is -2.24. The van der Waals surface area contributed by atoms with Gasteiger partial charge >= 0.3 is 6.09 Å². The summed E-state index contributed by atoms with van der Waals surface area (Å²) in [7, 11) is 0. The molecule has 0 aromatic heterocycles. The molecule has 1 unspecified atom stereocenters. The Labute approximate surface area is 127 Å². The number of amides is 1. The number of nitrogens with one attached hydrogen (secondary N) is 1. The minimum Gasteiger partial charge on any atom is -0.444 e. The van der Waals surface area contributed by atoms with Crippen molar-refractivity contribution in [1.82, 2.24) is 5.32 Å². The Morgan fingerprint density at radius 1 is 1.43 bits per heavy atom. The number of halogens is 3. The average molecular weight is 322 g/mol. The molecule has 0 aliphatic rings. The summed E-state index contributed by atoms with van der Waals surface area (Å²) in [6.07, 6.45) is -3.81. The second-order valence-corrected chi connectivity index (χ2v) is 5.90. The molecular formula is C14H18ClF2NO3. The molecule has 1 atom stereocenters. The van der Waals surface area contributed by atoms with Crippen molar-refractivity contribution in [2.75, 3.05) is 0 Å². The number of alkyl halides is 2. The molecule has 0 aliphatic heterocycles. The number of ether oxygens (including phenoxy) is 1. The summed E-state index contributed by atoms with van der Waals surface area (Å²) < 4.78 is 31.4. The maximum absolute atomic E-state index is 13.2. The molecule has 4 nitrogen and oxygen atoms in total. The van der Waals surface area contributed by atoms with Crippen LogP contribution in [-0.2, 0) is 11.3 Å². The molecule has 0 fully saturated rings. The Balaban J connectivity index is 3.00. The highest BCUT2D eigenvalue weighted by molar-refractivity contribution is 6.30. The number of carbonyl (C=O) groups excluding carboxylic acids is 1. The van der Waals surface area contributed by atoms with Gasteiger partial charge in [-0.15, -0.1) is 0 Å². The quantitative estimate of drug-likeness (QED) is 0.889. The van der Waals surface area contributed by atoms with Gasteiger partial charge in [-0.25, -0.2) is 13.6 Å². The number of hydrogen-bond acceptors (Lipinski definition) is 3. The van der Waals surface area contributed by atoms with E-state index >= 15 is 0 Å². The zero-order chi connectivity index (χ0) is 16.2. The third kappa shape index (κ3) is 5.47. The molecule has 1 rings (SSSR count). The van der Waals surface area contributed by atoms with Crippen LogP contribution in [0.2, 0.25) is 5.02 Å². The van der Waals surface area contributed by atoms with Crippen LogP contribution in [0.1, 0.15) is 37.9 Å². The molecule has 0 bridgehead atoms. The third-order valence-corrected chi connectivity index (χ3v) is 2.77. The Hall–Kier alpha value is -1.40. The van der Waals surface area contributed by atoms with E-state index in [1.807, 2.05) is 0 Å². The summed E-state index contributed by atoms with van der Waals surface area (Å²) in [5.74, 6) is 0. The maximum Gasteiger partial charge on any atom is 0.408 e. The van der Waals surface area contributed by atoms with Gasteiger partial charge in [-0.2, -0.15) is 0 Å². The molecule has 0 spiro atoms. The standard InChI is InChI=1S/C14H18ClF2NO3/c1-14(2,3)21-13(20)18-11(12(16)17)10-5-4-9(15)6-8(10)7-19/h4-6,11-12,19H,7H2,1-3H3,(H,18,20). The van der Waals surface area contributed by atoms with Crippen LogP contribution in [0.3, 0.4) is 0 Å². The van der Waals surface area contributed by atoms with Gasteiger partial charge in [-0.3, -0.25) is 0 Å². The van der Waals surface area contributed by atoms with Crippen molar-refractivity contribution in [2.45, 2.75) is 45.4 Å². The fourth-order valence-electron chi connectivity index (χ4n) is 1.73. The second-order valence-electron chi connectivity index (χ2n) is 5.46. The number of aliphatic hydroxyl groups excluding tert-OH is 1. The highest BCUT2D eigenvalue weighted by Crippen LogP contribution is 2.27. The summed E-state index contributed by atoms with van der Waals surface area (Å²) >= 11 is 5.76. The topological polar surface area (TPSA) is 58.6 Å². The van der Waals surface area contributed by atoms with Crippen molar-refractivity contribution in [1.29, 1.82) is 0 Å². The van der Waals surface area contributed by atoms with E-state index in [1.54, 1.807) is 20.8 Å². The van der Waals surface area contributed by atoms with Crippen LogP contribution >= 0.6 is 11.6 Å². The summed E-state index contributed by atoms with van der Waals surface area (Å²) in [6, 6.07) is 2.56. The van der Waals surface area contributed by atoms with Crippen LogP contribution in [0, 0.1) is 0 Å². The smallest absolute Gasteiger partial charge is 0.408 e. The van der Waals surface area contributed by atoms with Gasteiger partial charge in [0.1, 0.15) is 11.6 Å². The van der Waals surface area contributed by atoms with Crippen molar-refractivity contribution in [2.24, 2.45) is 0 Å². The van der Waals surface area contributed by atoms with Crippen LogP contribution in [0.15, 0.2) is 18.2 Å². The zero-order valence-corrected chi connectivity index (χ0v) is 12.7. The van der Waals surface area contributed by atoms with Crippen molar-refractivity contribution in [3.05, 3.63) is 34.3 Å². The SMILES string of the molecule is CC(C)(C)OC(=O)NC(c1ccc(Cl)cc1CO)C(F)F. The second kappa shape index (κ2) is 7.04. The summed E-state index contributed by atoms with van der Waals surface area (Å²) in [4.78, 5) is 11.7. The molecular weight excluding hydrogens is 304 g/mol. The van der Waals surface area contributed by atoms with Gasteiger partial charge in [0.15, 0.2) is 0 Å². The molecule has 2 N–H and O–H groups in total. The van der Waals surface area contributed by atoms with E-state index in [9.17, 15) is 18.7 Å². The van der Waals surface area contributed by atoms with Crippen molar-refractivity contribution < 1.29 is 23.4 Å². The normalized spacial score (nSPS) is 13.1. The monoisotopic (exact) mass is 321 g/mol. The van der Waals surface area contributed by atoms with E-state index in [0.29, 0.717) is 5.02 Å².